The number of fused-ring (bicyclic) bond motifs is 1. The molecule has 160 valence electrons. The van der Waals surface area contributed by atoms with Crippen molar-refractivity contribution in [2.24, 2.45) is 5.41 Å². The molecule has 0 unspecified atom stereocenters. The molecule has 1 aromatic rings. The molecule has 0 spiro atoms. The van der Waals surface area contributed by atoms with Crippen LogP contribution >= 0.6 is 0 Å². The van der Waals surface area contributed by atoms with Crippen LogP contribution in [0.25, 0.3) is 0 Å². The quantitative estimate of drug-likeness (QED) is 0.551. The number of alkyl halides is 3. The Bertz CT molecular complexity index is 748. The molecule has 1 aliphatic heterocycles. The zero-order valence-electron chi connectivity index (χ0n) is 16.6. The van der Waals surface area contributed by atoms with E-state index in [1.165, 1.54) is 6.07 Å². The van der Waals surface area contributed by atoms with Gasteiger partial charge in [-0.2, -0.15) is 13.2 Å². The molecule has 1 amide bonds. The largest absolute Gasteiger partial charge is 0.547 e. The minimum Gasteiger partial charge on any atom is -0.534 e. The number of para-hydroxylation sites is 1. The van der Waals surface area contributed by atoms with E-state index < -0.39 is 44.0 Å². The first kappa shape index (κ1) is 23.1. The number of esters is 1. The van der Waals surface area contributed by atoms with Crippen LogP contribution in [0.15, 0.2) is 18.2 Å². The molecular formula is C19H25BF3NO5. The van der Waals surface area contributed by atoms with Crippen molar-refractivity contribution >= 4 is 19.0 Å². The zero-order valence-corrected chi connectivity index (χ0v) is 16.6. The molecule has 0 saturated heterocycles. The normalized spacial score (nSPS) is 16.7. The molecule has 2 N–H and O–H groups in total. The maximum atomic E-state index is 12.4. The van der Waals surface area contributed by atoms with Crippen LogP contribution in [0.2, 0.25) is 0 Å². The van der Waals surface area contributed by atoms with Gasteiger partial charge >= 0.3 is 19.3 Å². The van der Waals surface area contributed by atoms with E-state index in [2.05, 4.69) is 5.32 Å². The maximum Gasteiger partial charge on any atom is 0.547 e. The predicted octanol–water partition coefficient (Wildman–Crippen LogP) is 3.06. The van der Waals surface area contributed by atoms with Crippen molar-refractivity contribution in [1.82, 2.24) is 5.32 Å². The summed E-state index contributed by atoms with van der Waals surface area (Å²) in [4.78, 5) is 24.1. The molecule has 1 atom stereocenters. The van der Waals surface area contributed by atoms with Crippen molar-refractivity contribution in [3.8, 4) is 5.75 Å². The van der Waals surface area contributed by atoms with Crippen molar-refractivity contribution in [3.63, 3.8) is 0 Å². The number of benzene rings is 1. The number of carbonyl (C=O) groups excluding carboxylic acids is 2. The molecular weight excluding hydrogens is 390 g/mol. The Hall–Kier alpha value is -2.23. The molecule has 10 heteroatoms. The average Bonchev–Trinajstić information content (AvgIpc) is 2.58. The predicted molar refractivity (Wildman–Crippen MR) is 100 cm³/mol. The lowest BCUT2D eigenvalue weighted by Gasteiger charge is -2.29. The van der Waals surface area contributed by atoms with Gasteiger partial charge in [-0.3, -0.25) is 4.79 Å². The second-order valence-corrected chi connectivity index (χ2v) is 8.24. The first-order chi connectivity index (χ1) is 13.4. The summed E-state index contributed by atoms with van der Waals surface area (Å²) < 4.78 is 47.4. The summed E-state index contributed by atoms with van der Waals surface area (Å²) >= 11 is 0. The summed E-state index contributed by atoms with van der Waals surface area (Å²) in [5.41, 5.74) is 0.694. The van der Waals surface area contributed by atoms with Crippen molar-refractivity contribution in [3.05, 3.63) is 29.3 Å². The number of hydrogen-bond donors (Lipinski definition) is 2. The highest BCUT2D eigenvalue weighted by molar-refractivity contribution is 6.47. The van der Waals surface area contributed by atoms with Gasteiger partial charge < -0.3 is 19.7 Å². The minimum atomic E-state index is -4.44. The second kappa shape index (κ2) is 9.07. The Morgan fingerprint density at radius 3 is 2.59 bits per heavy atom. The number of rotatable bonds is 6. The fraction of sp³-hybridized carbons (Fsp3) is 0.579. The SMILES string of the molecule is CC(C)(C)CCOC(=O)c1cccc2c1OB(O)[C@@H](NC(=O)CCC(F)(F)F)C2. The van der Waals surface area contributed by atoms with Gasteiger partial charge in [-0.25, -0.2) is 4.79 Å². The van der Waals surface area contributed by atoms with Gasteiger partial charge in [0.1, 0.15) is 11.3 Å². The summed E-state index contributed by atoms with van der Waals surface area (Å²) in [5.74, 6) is -2.20. The third kappa shape index (κ3) is 7.27. The number of halogens is 3. The van der Waals surface area contributed by atoms with Gasteiger partial charge in [-0.1, -0.05) is 32.9 Å². The van der Waals surface area contributed by atoms with E-state index in [-0.39, 0.29) is 29.8 Å². The monoisotopic (exact) mass is 415 g/mol. The van der Waals surface area contributed by atoms with Crippen LogP contribution in [0.5, 0.6) is 5.75 Å². The van der Waals surface area contributed by atoms with Crippen molar-refractivity contribution in [1.29, 1.82) is 0 Å². The van der Waals surface area contributed by atoms with Crippen LogP contribution in [0.3, 0.4) is 0 Å². The van der Waals surface area contributed by atoms with Gasteiger partial charge in [-0.15, -0.1) is 0 Å². The molecule has 0 radical (unpaired) electrons. The van der Waals surface area contributed by atoms with Crippen LogP contribution in [0.1, 0.15) is 56.0 Å². The highest BCUT2D eigenvalue weighted by Gasteiger charge is 2.38. The Morgan fingerprint density at radius 1 is 1.28 bits per heavy atom. The average molecular weight is 415 g/mol. The van der Waals surface area contributed by atoms with Gasteiger partial charge in [0.05, 0.1) is 19.0 Å². The Morgan fingerprint density at radius 2 is 1.97 bits per heavy atom. The first-order valence-electron chi connectivity index (χ1n) is 9.35. The molecule has 0 bridgehead atoms. The van der Waals surface area contributed by atoms with E-state index in [9.17, 15) is 27.8 Å². The molecule has 0 aliphatic carbocycles. The molecule has 1 aliphatic rings. The number of ether oxygens (including phenoxy) is 1. The van der Waals surface area contributed by atoms with Gasteiger partial charge in [0, 0.05) is 6.42 Å². The fourth-order valence-corrected chi connectivity index (χ4v) is 2.77. The van der Waals surface area contributed by atoms with E-state index in [4.69, 9.17) is 9.39 Å². The number of hydrogen-bond acceptors (Lipinski definition) is 5. The van der Waals surface area contributed by atoms with Crippen molar-refractivity contribution < 1.29 is 37.2 Å². The smallest absolute Gasteiger partial charge is 0.534 e. The van der Waals surface area contributed by atoms with Crippen LogP contribution in [0, 0.1) is 5.41 Å². The molecule has 0 saturated carbocycles. The summed E-state index contributed by atoms with van der Waals surface area (Å²) in [7, 11) is -1.50. The molecule has 2 rings (SSSR count). The molecule has 29 heavy (non-hydrogen) atoms. The fourth-order valence-electron chi connectivity index (χ4n) is 2.77. The van der Waals surface area contributed by atoms with Crippen LogP contribution in [-0.2, 0) is 16.0 Å². The number of amides is 1. The maximum absolute atomic E-state index is 12.4. The minimum absolute atomic E-state index is 0.000627. The van der Waals surface area contributed by atoms with Gasteiger partial charge in [0.25, 0.3) is 0 Å². The Kier molecular flexibility index (Phi) is 7.21. The van der Waals surface area contributed by atoms with Crippen molar-refractivity contribution in [2.75, 3.05) is 6.61 Å². The molecule has 1 aromatic carbocycles. The lowest BCUT2D eigenvalue weighted by molar-refractivity contribution is -0.144. The zero-order chi connectivity index (χ0) is 21.8. The first-order valence-corrected chi connectivity index (χ1v) is 9.35. The summed E-state index contributed by atoms with van der Waals surface area (Å²) in [6, 6.07) is 4.78. The third-order valence-corrected chi connectivity index (χ3v) is 4.41. The summed E-state index contributed by atoms with van der Waals surface area (Å²) in [5, 5.41) is 12.5. The molecule has 1 heterocycles. The summed E-state index contributed by atoms with van der Waals surface area (Å²) in [6.07, 6.45) is -5.64. The van der Waals surface area contributed by atoms with Crippen molar-refractivity contribution in [2.45, 2.75) is 58.6 Å². The highest BCUT2D eigenvalue weighted by atomic mass is 19.4. The van der Waals surface area contributed by atoms with Crippen LogP contribution in [0.4, 0.5) is 13.2 Å². The Labute approximate surface area is 167 Å². The van der Waals surface area contributed by atoms with Gasteiger partial charge in [0.2, 0.25) is 5.91 Å². The Balaban J connectivity index is 2.02. The number of carbonyl (C=O) groups is 2. The van der Waals surface area contributed by atoms with E-state index in [1.807, 2.05) is 20.8 Å². The highest BCUT2D eigenvalue weighted by Crippen LogP contribution is 2.31. The lowest BCUT2D eigenvalue weighted by Crippen LogP contribution is -2.53. The lowest BCUT2D eigenvalue weighted by atomic mass is 9.72. The topological polar surface area (TPSA) is 84.9 Å². The van der Waals surface area contributed by atoms with Crippen LogP contribution in [-0.4, -0.2) is 42.7 Å². The van der Waals surface area contributed by atoms with E-state index in [0.29, 0.717) is 12.0 Å². The molecule has 6 nitrogen and oxygen atoms in total. The standard InChI is InChI=1S/C19H25BF3NO5/c1-18(2,3)9-10-28-17(26)13-6-4-5-12-11-14(20(27)29-16(12)13)24-15(25)7-8-19(21,22)23/h4-6,14,27H,7-11H2,1-3H3,(H,24,25)/t14-/m0/s1. The van der Waals surface area contributed by atoms with E-state index in [0.717, 1.165) is 0 Å². The van der Waals surface area contributed by atoms with Gasteiger partial charge in [0.15, 0.2) is 0 Å². The molecule has 0 fully saturated rings. The van der Waals surface area contributed by atoms with Gasteiger partial charge in [-0.05, 0) is 29.9 Å². The van der Waals surface area contributed by atoms with Crippen LogP contribution < -0.4 is 9.97 Å². The summed E-state index contributed by atoms with van der Waals surface area (Å²) in [6.45, 7) is 6.29. The molecule has 0 aromatic heterocycles. The number of nitrogens with one attached hydrogen (secondary N) is 1. The third-order valence-electron chi connectivity index (χ3n) is 4.41. The van der Waals surface area contributed by atoms with E-state index in [1.54, 1.807) is 12.1 Å². The second-order valence-electron chi connectivity index (χ2n) is 8.24. The van der Waals surface area contributed by atoms with E-state index >= 15 is 0 Å².